The molecule has 0 heterocycles. The molecule has 4 N–H and O–H groups in total. The van der Waals surface area contributed by atoms with Gasteiger partial charge in [0, 0.05) is 0 Å². The van der Waals surface area contributed by atoms with Gasteiger partial charge in [0.05, 0.1) is 17.9 Å². The summed E-state index contributed by atoms with van der Waals surface area (Å²) < 4.78 is 32.3. The van der Waals surface area contributed by atoms with E-state index in [4.69, 9.17) is 0 Å². The molecule has 3 unspecified atom stereocenters. The number of carbonyl (C=O) groups is 1. The molecule has 7 nitrogen and oxygen atoms in total. The maximum atomic E-state index is 12.4. The SMILES string of the molecule is CCCCCC/C=C\CCC(O)C(=O)NC(CS(=O)(=O)O)C(O)CCCCCCCCCCCCCCCCCC. The van der Waals surface area contributed by atoms with E-state index in [-0.39, 0.29) is 6.42 Å². The highest BCUT2D eigenvalue weighted by Gasteiger charge is 2.28. The molecule has 0 rings (SSSR count). The lowest BCUT2D eigenvalue weighted by atomic mass is 10.0. The molecule has 0 aliphatic rings. The maximum Gasteiger partial charge on any atom is 0.266 e. The number of aliphatic hydroxyl groups excluding tert-OH is 2. The van der Waals surface area contributed by atoms with E-state index in [1.807, 2.05) is 6.08 Å². The van der Waals surface area contributed by atoms with E-state index < -0.39 is 40.0 Å². The molecule has 0 bridgehead atoms. The molecule has 0 spiro atoms. The number of aliphatic hydroxyl groups is 2. The fraction of sp³-hybridized carbons (Fsp3) is 0.909. The average Bonchev–Trinajstić information content (AvgIpc) is 2.92. The standard InChI is InChI=1S/C33H65NO6S/c1-3-5-7-9-11-13-14-15-16-17-18-19-20-22-23-25-27-31(35)30(29-41(38,39)40)34-33(37)32(36)28-26-24-21-12-10-8-6-4-2/h21,24,30-32,35-36H,3-20,22-23,25-29H2,1-2H3,(H,34,37)(H,38,39,40)/b24-21-. The normalized spacial score (nSPS) is 14.4. The van der Waals surface area contributed by atoms with Crippen molar-refractivity contribution in [1.29, 1.82) is 0 Å². The van der Waals surface area contributed by atoms with Crippen LogP contribution in [0.1, 0.15) is 168 Å². The monoisotopic (exact) mass is 603 g/mol. The Hall–Kier alpha value is -0.960. The smallest absolute Gasteiger partial charge is 0.266 e. The Kier molecular flexibility index (Phi) is 27.2. The molecule has 0 aliphatic carbocycles. The van der Waals surface area contributed by atoms with Crippen molar-refractivity contribution in [1.82, 2.24) is 5.32 Å². The molecule has 0 radical (unpaired) electrons. The largest absolute Gasteiger partial charge is 0.391 e. The molecule has 0 fully saturated rings. The summed E-state index contributed by atoms with van der Waals surface area (Å²) in [6.07, 6.45) is 28.3. The number of amides is 1. The van der Waals surface area contributed by atoms with Gasteiger partial charge in [-0.15, -0.1) is 0 Å². The third-order valence-corrected chi connectivity index (χ3v) is 8.62. The summed E-state index contributed by atoms with van der Waals surface area (Å²) in [4.78, 5) is 12.4. The summed E-state index contributed by atoms with van der Waals surface area (Å²) in [7, 11) is -4.40. The Bertz CT molecular complexity index is 727. The second kappa shape index (κ2) is 27.8. The minimum atomic E-state index is -4.40. The second-order valence-corrected chi connectivity index (χ2v) is 13.4. The number of rotatable bonds is 30. The zero-order valence-electron chi connectivity index (χ0n) is 26.5. The van der Waals surface area contributed by atoms with Crippen molar-refractivity contribution in [2.75, 3.05) is 5.75 Å². The van der Waals surface area contributed by atoms with Gasteiger partial charge in [-0.1, -0.05) is 148 Å². The van der Waals surface area contributed by atoms with Crippen LogP contribution in [0, 0.1) is 0 Å². The summed E-state index contributed by atoms with van der Waals surface area (Å²) >= 11 is 0. The molecular formula is C33H65NO6S. The Morgan fingerprint density at radius 3 is 1.51 bits per heavy atom. The summed E-state index contributed by atoms with van der Waals surface area (Å²) in [5, 5.41) is 23.2. The highest BCUT2D eigenvalue weighted by molar-refractivity contribution is 7.85. The van der Waals surface area contributed by atoms with Crippen LogP contribution in [-0.2, 0) is 14.9 Å². The average molecular weight is 604 g/mol. The number of allylic oxidation sites excluding steroid dienone is 2. The molecule has 244 valence electrons. The number of unbranched alkanes of at least 4 members (excludes halogenated alkanes) is 19. The van der Waals surface area contributed by atoms with Crippen molar-refractivity contribution < 1.29 is 28.0 Å². The van der Waals surface area contributed by atoms with Gasteiger partial charge in [-0.3, -0.25) is 9.35 Å². The van der Waals surface area contributed by atoms with E-state index in [0.717, 1.165) is 32.1 Å². The van der Waals surface area contributed by atoms with Crippen LogP contribution in [0.4, 0.5) is 0 Å². The van der Waals surface area contributed by atoms with E-state index >= 15 is 0 Å². The first kappa shape index (κ1) is 40.0. The Morgan fingerprint density at radius 2 is 1.05 bits per heavy atom. The van der Waals surface area contributed by atoms with Gasteiger partial charge in [0.1, 0.15) is 6.10 Å². The summed E-state index contributed by atoms with van der Waals surface area (Å²) in [5.74, 6) is -1.50. The molecule has 0 aromatic carbocycles. The van der Waals surface area contributed by atoms with Gasteiger partial charge in [-0.2, -0.15) is 8.42 Å². The minimum Gasteiger partial charge on any atom is -0.391 e. The Labute approximate surface area is 253 Å². The Morgan fingerprint density at radius 1 is 0.634 bits per heavy atom. The molecule has 0 aromatic heterocycles. The summed E-state index contributed by atoms with van der Waals surface area (Å²) in [5.41, 5.74) is 0. The molecule has 0 aromatic rings. The van der Waals surface area contributed by atoms with Crippen LogP contribution in [-0.4, -0.2) is 53.1 Å². The van der Waals surface area contributed by atoms with Gasteiger partial charge in [0.25, 0.3) is 10.1 Å². The van der Waals surface area contributed by atoms with Crippen LogP contribution in [0.3, 0.4) is 0 Å². The number of hydrogen-bond donors (Lipinski definition) is 4. The number of hydrogen-bond acceptors (Lipinski definition) is 5. The molecule has 0 aliphatic heterocycles. The summed E-state index contributed by atoms with van der Waals surface area (Å²) in [6.45, 7) is 4.42. The third kappa shape index (κ3) is 27.6. The lowest BCUT2D eigenvalue weighted by Gasteiger charge is -2.24. The van der Waals surface area contributed by atoms with Gasteiger partial charge in [-0.05, 0) is 32.1 Å². The zero-order chi connectivity index (χ0) is 30.6. The lowest BCUT2D eigenvalue weighted by molar-refractivity contribution is -0.131. The van der Waals surface area contributed by atoms with Crippen molar-refractivity contribution in [2.24, 2.45) is 0 Å². The molecule has 0 saturated heterocycles. The summed E-state index contributed by atoms with van der Waals surface area (Å²) in [6, 6.07) is -1.16. The topological polar surface area (TPSA) is 124 Å². The number of nitrogens with one attached hydrogen (secondary N) is 1. The predicted octanol–water partition coefficient (Wildman–Crippen LogP) is 8.04. The van der Waals surface area contributed by atoms with E-state index in [2.05, 4.69) is 25.2 Å². The quantitative estimate of drug-likeness (QED) is 0.0374. The van der Waals surface area contributed by atoms with Crippen molar-refractivity contribution in [3.05, 3.63) is 12.2 Å². The van der Waals surface area contributed by atoms with Crippen LogP contribution >= 0.6 is 0 Å². The molecular weight excluding hydrogens is 538 g/mol. The highest BCUT2D eigenvalue weighted by atomic mass is 32.2. The first-order chi connectivity index (χ1) is 19.7. The van der Waals surface area contributed by atoms with Gasteiger partial charge < -0.3 is 15.5 Å². The molecule has 0 saturated carbocycles. The molecule has 1 amide bonds. The minimum absolute atomic E-state index is 0.213. The Balaban J connectivity index is 4.07. The van der Waals surface area contributed by atoms with Gasteiger partial charge >= 0.3 is 0 Å². The fourth-order valence-electron chi connectivity index (χ4n) is 5.17. The molecule has 3 atom stereocenters. The first-order valence-corrected chi connectivity index (χ1v) is 18.6. The third-order valence-electron chi connectivity index (χ3n) is 7.84. The number of carbonyl (C=O) groups excluding carboxylic acids is 1. The van der Waals surface area contributed by atoms with E-state index in [1.165, 1.54) is 96.3 Å². The van der Waals surface area contributed by atoms with Crippen molar-refractivity contribution in [2.45, 2.75) is 186 Å². The van der Waals surface area contributed by atoms with Crippen LogP contribution in [0.15, 0.2) is 12.2 Å². The van der Waals surface area contributed by atoms with Crippen molar-refractivity contribution >= 4 is 16.0 Å². The predicted molar refractivity (Wildman–Crippen MR) is 172 cm³/mol. The lowest BCUT2D eigenvalue weighted by Crippen LogP contribution is -2.50. The van der Waals surface area contributed by atoms with E-state index in [1.54, 1.807) is 0 Å². The maximum absolute atomic E-state index is 12.4. The molecule has 8 heteroatoms. The van der Waals surface area contributed by atoms with Gasteiger partial charge in [-0.25, -0.2) is 0 Å². The van der Waals surface area contributed by atoms with Crippen LogP contribution in [0.2, 0.25) is 0 Å². The zero-order valence-corrected chi connectivity index (χ0v) is 27.4. The van der Waals surface area contributed by atoms with Crippen LogP contribution in [0.5, 0.6) is 0 Å². The van der Waals surface area contributed by atoms with Crippen molar-refractivity contribution in [3.63, 3.8) is 0 Å². The molecule has 41 heavy (non-hydrogen) atoms. The van der Waals surface area contributed by atoms with Crippen LogP contribution < -0.4 is 5.32 Å². The van der Waals surface area contributed by atoms with Gasteiger partial charge in [0.2, 0.25) is 5.91 Å². The highest BCUT2D eigenvalue weighted by Crippen LogP contribution is 2.15. The van der Waals surface area contributed by atoms with Crippen molar-refractivity contribution in [3.8, 4) is 0 Å². The van der Waals surface area contributed by atoms with Crippen LogP contribution in [0.25, 0.3) is 0 Å². The van der Waals surface area contributed by atoms with E-state index in [0.29, 0.717) is 19.3 Å². The van der Waals surface area contributed by atoms with Gasteiger partial charge in [0.15, 0.2) is 0 Å². The first-order valence-electron chi connectivity index (χ1n) is 17.0. The second-order valence-electron chi connectivity index (χ2n) is 11.9. The van der Waals surface area contributed by atoms with E-state index in [9.17, 15) is 28.0 Å². The fourth-order valence-corrected chi connectivity index (χ4v) is 5.93.